The Hall–Kier alpha value is -2.49. The van der Waals surface area contributed by atoms with Crippen molar-refractivity contribution in [3.63, 3.8) is 0 Å². The van der Waals surface area contributed by atoms with Crippen LogP contribution in [0.25, 0.3) is 0 Å². The number of phenols is 1. The second-order valence-electron chi connectivity index (χ2n) is 7.13. The van der Waals surface area contributed by atoms with Gasteiger partial charge in [-0.3, -0.25) is 4.79 Å². The molecule has 1 N–H and O–H groups in total. The van der Waals surface area contributed by atoms with Gasteiger partial charge in [-0.05, 0) is 49.6 Å². The average Bonchev–Trinajstić information content (AvgIpc) is 2.63. The smallest absolute Gasteiger partial charge is 0.160 e. The molecule has 2 aliphatic heterocycles. The zero-order valence-electron chi connectivity index (χ0n) is 14.6. The maximum absolute atomic E-state index is 12.6. The van der Waals surface area contributed by atoms with Crippen LogP contribution in [0.3, 0.4) is 0 Å². The zero-order chi connectivity index (χ0) is 17.6. The molecule has 0 spiro atoms. The molecule has 4 nitrogen and oxygen atoms in total. The Balaban J connectivity index is 1.80. The number of hydrogen-bond donors (Lipinski definition) is 1. The molecule has 2 aromatic rings. The van der Waals surface area contributed by atoms with Crippen LogP contribution in [-0.4, -0.2) is 24.0 Å². The highest BCUT2D eigenvalue weighted by atomic mass is 16.5. The number of phenolic OH excluding ortho intramolecular Hbond substituents is 1. The maximum Gasteiger partial charge on any atom is 0.160 e. The Morgan fingerprint density at radius 1 is 1.12 bits per heavy atom. The number of rotatable bonds is 3. The molecule has 5 rings (SSSR count). The van der Waals surface area contributed by atoms with E-state index in [2.05, 4.69) is 36.1 Å². The molecule has 2 heterocycles. The van der Waals surface area contributed by atoms with Crippen molar-refractivity contribution in [2.75, 3.05) is 12.0 Å². The number of aryl methyl sites for hydroxylation is 1. The molecule has 2 aromatic carbocycles. The number of hydrogen-bond acceptors (Lipinski definition) is 4. The first-order chi connectivity index (χ1) is 12.1. The van der Waals surface area contributed by atoms with Crippen molar-refractivity contribution >= 4 is 11.5 Å². The molecular weight excluding hydrogens is 314 g/mol. The van der Waals surface area contributed by atoms with Crippen molar-refractivity contribution in [3.05, 3.63) is 53.6 Å². The molecule has 3 aliphatic rings. The Morgan fingerprint density at radius 3 is 2.56 bits per heavy atom. The summed E-state index contributed by atoms with van der Waals surface area (Å²) >= 11 is 0. The van der Waals surface area contributed by atoms with E-state index < -0.39 is 0 Å². The summed E-state index contributed by atoms with van der Waals surface area (Å²) in [5.74, 6) is 0.938. The van der Waals surface area contributed by atoms with Crippen molar-refractivity contribution < 1.29 is 14.6 Å². The van der Waals surface area contributed by atoms with Crippen LogP contribution in [-0.2, 0) is 4.79 Å². The quantitative estimate of drug-likeness (QED) is 0.919. The lowest BCUT2D eigenvalue weighted by atomic mass is 9.71. The summed E-state index contributed by atoms with van der Waals surface area (Å²) in [6.07, 6.45) is 2.61. The number of ketones is 1. The number of aromatic hydroxyl groups is 1. The number of benzene rings is 2. The van der Waals surface area contributed by atoms with Crippen LogP contribution in [0.2, 0.25) is 0 Å². The average molecular weight is 337 g/mol. The third-order valence-corrected chi connectivity index (χ3v) is 5.61. The third kappa shape index (κ3) is 2.66. The lowest BCUT2D eigenvalue weighted by Gasteiger charge is -2.52. The van der Waals surface area contributed by atoms with Gasteiger partial charge in [-0.1, -0.05) is 23.8 Å². The van der Waals surface area contributed by atoms with Crippen LogP contribution in [0, 0.1) is 12.8 Å². The zero-order valence-corrected chi connectivity index (χ0v) is 14.6. The van der Waals surface area contributed by atoms with Crippen LogP contribution in [0.15, 0.2) is 42.5 Å². The number of methoxy groups -OCH3 is 1. The number of ether oxygens (including phenoxy) is 1. The van der Waals surface area contributed by atoms with Gasteiger partial charge in [0.1, 0.15) is 5.78 Å². The first-order valence-corrected chi connectivity index (χ1v) is 8.83. The lowest BCUT2D eigenvalue weighted by molar-refractivity contribution is -0.128. The normalized spacial score (nSPS) is 25.3. The largest absolute Gasteiger partial charge is 0.504 e. The van der Waals surface area contributed by atoms with Crippen LogP contribution in [0.4, 0.5) is 5.69 Å². The Bertz CT molecular complexity index is 799. The highest BCUT2D eigenvalue weighted by Crippen LogP contribution is 2.48. The fraction of sp³-hybridized carbons (Fsp3) is 0.381. The number of carbonyl (C=O) groups excluding carboxylic acids is 1. The predicted octanol–water partition coefficient (Wildman–Crippen LogP) is 4.01. The van der Waals surface area contributed by atoms with Crippen LogP contribution < -0.4 is 9.64 Å². The van der Waals surface area contributed by atoms with Gasteiger partial charge in [0.25, 0.3) is 0 Å². The molecule has 3 atom stereocenters. The van der Waals surface area contributed by atoms with Gasteiger partial charge < -0.3 is 14.7 Å². The number of carbonyl (C=O) groups is 1. The molecule has 2 bridgehead atoms. The Labute approximate surface area is 148 Å². The van der Waals surface area contributed by atoms with Crippen molar-refractivity contribution in [3.8, 4) is 11.5 Å². The molecule has 3 fully saturated rings. The first-order valence-electron chi connectivity index (χ1n) is 8.83. The van der Waals surface area contributed by atoms with E-state index in [1.807, 2.05) is 12.1 Å². The minimum absolute atomic E-state index is 0.000511. The fourth-order valence-corrected chi connectivity index (χ4v) is 4.37. The molecule has 25 heavy (non-hydrogen) atoms. The van der Waals surface area contributed by atoms with Crippen LogP contribution in [0.5, 0.6) is 11.5 Å². The molecule has 1 aliphatic carbocycles. The summed E-state index contributed by atoms with van der Waals surface area (Å²) in [6, 6.07) is 14.2. The number of anilines is 1. The van der Waals surface area contributed by atoms with Gasteiger partial charge in [0.2, 0.25) is 0 Å². The molecule has 3 unspecified atom stereocenters. The maximum atomic E-state index is 12.6. The minimum Gasteiger partial charge on any atom is -0.504 e. The molecule has 2 saturated heterocycles. The number of Topliss-reactive ketones (excluding diaryl/α,β-unsaturated/α-hetero) is 1. The van der Waals surface area contributed by atoms with Gasteiger partial charge in [0.05, 0.1) is 13.2 Å². The third-order valence-electron chi connectivity index (χ3n) is 5.61. The monoisotopic (exact) mass is 337 g/mol. The second-order valence-corrected chi connectivity index (χ2v) is 7.13. The molecular formula is C21H23NO3. The van der Waals surface area contributed by atoms with Gasteiger partial charge in [-0.15, -0.1) is 0 Å². The molecule has 130 valence electrons. The minimum atomic E-state index is -0.00259. The summed E-state index contributed by atoms with van der Waals surface area (Å²) in [7, 11) is 1.55. The van der Waals surface area contributed by atoms with Crippen molar-refractivity contribution in [2.24, 2.45) is 5.92 Å². The SMILES string of the molecule is COc1cc(C2C3CCC(CC3=O)N2c2ccc(C)cc2)ccc1O. The standard InChI is InChI=1S/C21H23NO3/c1-13-3-6-15(7-4-13)22-16-8-9-17(19(24)12-16)21(22)14-5-10-18(23)20(11-14)25-2/h3-7,10-11,16-17,21,23H,8-9,12H2,1-2H3. The van der Waals surface area contributed by atoms with E-state index in [9.17, 15) is 9.90 Å². The van der Waals surface area contributed by atoms with Crippen LogP contribution >= 0.6 is 0 Å². The Morgan fingerprint density at radius 2 is 1.88 bits per heavy atom. The predicted molar refractivity (Wildman–Crippen MR) is 97.2 cm³/mol. The van der Waals surface area contributed by atoms with E-state index in [1.54, 1.807) is 13.2 Å². The Kier molecular flexibility index (Phi) is 3.91. The number of fused-ring (bicyclic) bond motifs is 3. The van der Waals surface area contributed by atoms with Gasteiger partial charge in [-0.25, -0.2) is 0 Å². The topological polar surface area (TPSA) is 49.8 Å². The molecule has 0 aromatic heterocycles. The number of nitrogens with zero attached hydrogens (tertiary/aromatic N) is 1. The van der Waals surface area contributed by atoms with Crippen molar-refractivity contribution in [1.29, 1.82) is 0 Å². The second kappa shape index (κ2) is 6.10. The van der Waals surface area contributed by atoms with Gasteiger partial charge in [0.15, 0.2) is 11.5 Å². The molecule has 0 radical (unpaired) electrons. The van der Waals surface area contributed by atoms with E-state index in [0.29, 0.717) is 18.0 Å². The first kappa shape index (κ1) is 16.0. The lowest BCUT2D eigenvalue weighted by Crippen LogP contribution is -2.54. The fourth-order valence-electron chi connectivity index (χ4n) is 4.37. The molecule has 4 heteroatoms. The molecule has 1 saturated carbocycles. The summed E-state index contributed by atoms with van der Waals surface area (Å²) in [5, 5.41) is 9.93. The highest BCUT2D eigenvalue weighted by Gasteiger charge is 2.47. The van der Waals surface area contributed by atoms with E-state index in [0.717, 1.165) is 24.1 Å². The van der Waals surface area contributed by atoms with E-state index in [4.69, 9.17) is 4.74 Å². The van der Waals surface area contributed by atoms with E-state index in [-0.39, 0.29) is 23.8 Å². The van der Waals surface area contributed by atoms with Crippen molar-refractivity contribution in [2.45, 2.75) is 38.3 Å². The highest BCUT2D eigenvalue weighted by molar-refractivity contribution is 5.86. The van der Waals surface area contributed by atoms with Crippen LogP contribution in [0.1, 0.15) is 36.4 Å². The van der Waals surface area contributed by atoms with E-state index in [1.165, 1.54) is 5.56 Å². The summed E-state index contributed by atoms with van der Waals surface area (Å²) in [4.78, 5) is 15.0. The summed E-state index contributed by atoms with van der Waals surface area (Å²) in [6.45, 7) is 2.08. The summed E-state index contributed by atoms with van der Waals surface area (Å²) < 4.78 is 5.29. The summed E-state index contributed by atoms with van der Waals surface area (Å²) in [5.41, 5.74) is 3.41. The number of piperidine rings is 2. The van der Waals surface area contributed by atoms with Gasteiger partial charge >= 0.3 is 0 Å². The van der Waals surface area contributed by atoms with Crippen molar-refractivity contribution in [1.82, 2.24) is 0 Å². The van der Waals surface area contributed by atoms with Gasteiger partial charge in [0, 0.05) is 24.1 Å². The molecule has 0 amide bonds. The van der Waals surface area contributed by atoms with E-state index >= 15 is 0 Å². The van der Waals surface area contributed by atoms with Gasteiger partial charge in [-0.2, -0.15) is 0 Å².